The van der Waals surface area contributed by atoms with E-state index in [2.05, 4.69) is 21.2 Å². The van der Waals surface area contributed by atoms with Crippen molar-refractivity contribution in [2.45, 2.75) is 43.8 Å². The lowest BCUT2D eigenvalue weighted by atomic mass is 9.83. The monoisotopic (exact) mass is 404 g/mol. The van der Waals surface area contributed by atoms with Crippen LogP contribution in [0.15, 0.2) is 17.5 Å². The van der Waals surface area contributed by atoms with Crippen molar-refractivity contribution in [3.8, 4) is 0 Å². The second-order valence-electron chi connectivity index (χ2n) is 7.49. The van der Waals surface area contributed by atoms with Crippen molar-refractivity contribution in [3.63, 3.8) is 0 Å². The minimum absolute atomic E-state index is 0.322. The molecular formula is C18H23F3N2O3S. The summed E-state index contributed by atoms with van der Waals surface area (Å²) in [6.45, 7) is 4.48. The summed E-state index contributed by atoms with van der Waals surface area (Å²) >= 11 is 1.69. The van der Waals surface area contributed by atoms with Gasteiger partial charge < -0.3 is 10.0 Å². The molecule has 1 N–H and O–H groups in total. The fourth-order valence-corrected chi connectivity index (χ4v) is 4.38. The van der Waals surface area contributed by atoms with Crippen molar-refractivity contribution < 1.29 is 27.9 Å². The summed E-state index contributed by atoms with van der Waals surface area (Å²) in [6, 6.07) is 4.10. The zero-order valence-electron chi connectivity index (χ0n) is 14.9. The van der Waals surface area contributed by atoms with Gasteiger partial charge in [-0.2, -0.15) is 13.2 Å². The highest BCUT2D eigenvalue weighted by Crippen LogP contribution is 2.42. The number of nitrogens with zero attached hydrogens (tertiary/aromatic N) is 2. The number of halogens is 3. The number of carbonyl (C=O) groups is 2. The molecule has 5 nitrogen and oxygen atoms in total. The van der Waals surface area contributed by atoms with Crippen molar-refractivity contribution in [2.24, 2.45) is 5.92 Å². The summed E-state index contributed by atoms with van der Waals surface area (Å²) in [5.74, 6) is -1.47. The Morgan fingerprint density at radius 2 is 1.93 bits per heavy atom. The maximum Gasteiger partial charge on any atom is 0.490 e. The molecular weight excluding hydrogens is 381 g/mol. The molecule has 0 bridgehead atoms. The zero-order valence-corrected chi connectivity index (χ0v) is 15.7. The van der Waals surface area contributed by atoms with E-state index >= 15 is 0 Å². The number of hydrogen-bond donors (Lipinski definition) is 1. The lowest BCUT2D eigenvalue weighted by molar-refractivity contribution is -0.192. The van der Waals surface area contributed by atoms with Crippen LogP contribution in [0, 0.1) is 5.92 Å². The second-order valence-corrected chi connectivity index (χ2v) is 8.52. The SMILES string of the molecule is O=C(Cc1cccs1)N1CCC2(CCN2CC2CC2)C1.O=C(O)C(F)(F)F. The smallest absolute Gasteiger partial charge is 0.475 e. The quantitative estimate of drug-likeness (QED) is 0.838. The van der Waals surface area contributed by atoms with Gasteiger partial charge in [0, 0.05) is 36.6 Å². The third-order valence-electron chi connectivity index (χ3n) is 5.53. The van der Waals surface area contributed by atoms with Gasteiger partial charge in [-0.1, -0.05) is 6.07 Å². The van der Waals surface area contributed by atoms with E-state index in [9.17, 15) is 18.0 Å². The first-order valence-electron chi connectivity index (χ1n) is 9.05. The van der Waals surface area contributed by atoms with E-state index in [1.54, 1.807) is 11.3 Å². The molecule has 1 saturated carbocycles. The Morgan fingerprint density at radius 1 is 1.26 bits per heavy atom. The van der Waals surface area contributed by atoms with Crippen molar-refractivity contribution in [1.82, 2.24) is 9.80 Å². The normalized spacial score (nSPS) is 25.1. The topological polar surface area (TPSA) is 60.9 Å². The zero-order chi connectivity index (χ0) is 19.7. The van der Waals surface area contributed by atoms with Gasteiger partial charge in [0.2, 0.25) is 5.91 Å². The van der Waals surface area contributed by atoms with Crippen LogP contribution in [-0.4, -0.2) is 64.7 Å². The van der Waals surface area contributed by atoms with Gasteiger partial charge in [-0.05, 0) is 43.0 Å². The Labute approximate surface area is 159 Å². The number of carbonyl (C=O) groups excluding carboxylic acids is 1. The first-order valence-corrected chi connectivity index (χ1v) is 9.93. The molecule has 1 spiro atoms. The molecule has 27 heavy (non-hydrogen) atoms. The van der Waals surface area contributed by atoms with Crippen molar-refractivity contribution in [3.05, 3.63) is 22.4 Å². The maximum absolute atomic E-state index is 12.4. The van der Waals surface area contributed by atoms with E-state index in [1.807, 2.05) is 6.07 Å². The summed E-state index contributed by atoms with van der Waals surface area (Å²) in [7, 11) is 0. The van der Waals surface area contributed by atoms with Crippen LogP contribution in [0.2, 0.25) is 0 Å². The Balaban J connectivity index is 0.000000260. The van der Waals surface area contributed by atoms with E-state index in [-0.39, 0.29) is 0 Å². The summed E-state index contributed by atoms with van der Waals surface area (Å²) in [5.41, 5.74) is 0.355. The standard InChI is InChI=1S/C16H22N2OS.C2HF3O2/c19-15(10-14-2-1-9-20-14)17-7-5-16(12-17)6-8-18(16)11-13-3-4-13;3-2(4,5)1(6)7/h1-2,9,13H,3-8,10-12H2;(H,6,7). The molecule has 2 aliphatic heterocycles. The fourth-order valence-electron chi connectivity index (χ4n) is 3.69. The molecule has 0 aromatic carbocycles. The largest absolute Gasteiger partial charge is 0.490 e. The molecule has 1 aliphatic carbocycles. The van der Waals surface area contributed by atoms with Crippen LogP contribution in [0.25, 0.3) is 0 Å². The minimum atomic E-state index is -5.08. The van der Waals surface area contributed by atoms with Gasteiger partial charge >= 0.3 is 12.1 Å². The van der Waals surface area contributed by atoms with Crippen molar-refractivity contribution in [2.75, 3.05) is 26.2 Å². The van der Waals surface area contributed by atoms with Gasteiger partial charge in [-0.3, -0.25) is 9.69 Å². The summed E-state index contributed by atoms with van der Waals surface area (Å²) in [6.07, 6.45) is 0.843. The molecule has 3 aliphatic rings. The number of carboxylic acids is 1. The van der Waals surface area contributed by atoms with Crippen LogP contribution in [0.1, 0.15) is 30.6 Å². The van der Waals surface area contributed by atoms with Crippen molar-refractivity contribution >= 4 is 23.2 Å². The van der Waals surface area contributed by atoms with E-state index in [4.69, 9.17) is 9.90 Å². The predicted octanol–water partition coefficient (Wildman–Crippen LogP) is 3.01. The average molecular weight is 404 g/mol. The fraction of sp³-hybridized carbons (Fsp3) is 0.667. The van der Waals surface area contributed by atoms with Gasteiger partial charge in [0.15, 0.2) is 0 Å². The Bertz CT molecular complexity index is 676. The van der Waals surface area contributed by atoms with Gasteiger partial charge in [-0.25, -0.2) is 4.79 Å². The van der Waals surface area contributed by atoms with E-state index in [1.165, 1.54) is 43.6 Å². The number of rotatable bonds is 4. The molecule has 9 heteroatoms. The molecule has 4 rings (SSSR count). The van der Waals surface area contributed by atoms with E-state index in [0.29, 0.717) is 17.9 Å². The average Bonchev–Trinajstić information content (AvgIpc) is 3.07. The molecule has 1 amide bonds. The lowest BCUT2D eigenvalue weighted by Gasteiger charge is -2.51. The van der Waals surface area contributed by atoms with Gasteiger partial charge in [-0.15, -0.1) is 11.3 Å². The summed E-state index contributed by atoms with van der Waals surface area (Å²) in [4.78, 5) is 27.3. The third kappa shape index (κ3) is 5.01. The van der Waals surface area contributed by atoms with Gasteiger partial charge in [0.1, 0.15) is 0 Å². The number of carboxylic acid groups (broad SMARTS) is 1. The lowest BCUT2D eigenvalue weighted by Crippen LogP contribution is -2.61. The van der Waals surface area contributed by atoms with Crippen molar-refractivity contribution in [1.29, 1.82) is 0 Å². The Hall–Kier alpha value is -1.61. The molecule has 1 unspecified atom stereocenters. The maximum atomic E-state index is 12.4. The molecule has 150 valence electrons. The molecule has 1 aromatic rings. The first-order chi connectivity index (χ1) is 12.7. The number of thiophene rings is 1. The van der Waals surface area contributed by atoms with Crippen LogP contribution < -0.4 is 0 Å². The highest BCUT2D eigenvalue weighted by molar-refractivity contribution is 7.10. The number of amides is 1. The third-order valence-corrected chi connectivity index (χ3v) is 6.40. The molecule has 2 saturated heterocycles. The number of alkyl halides is 3. The predicted molar refractivity (Wildman–Crippen MR) is 94.6 cm³/mol. The summed E-state index contributed by atoms with van der Waals surface area (Å²) in [5, 5.41) is 9.18. The van der Waals surface area contributed by atoms with Crippen LogP contribution in [-0.2, 0) is 16.0 Å². The van der Waals surface area contributed by atoms with Gasteiger partial charge in [0.25, 0.3) is 0 Å². The highest BCUT2D eigenvalue weighted by atomic mass is 32.1. The first kappa shape index (κ1) is 20.1. The molecule has 0 radical (unpaired) electrons. The molecule has 1 aromatic heterocycles. The summed E-state index contributed by atoms with van der Waals surface area (Å²) < 4.78 is 31.7. The highest BCUT2D eigenvalue weighted by Gasteiger charge is 2.50. The number of aliphatic carboxylic acids is 1. The molecule has 3 fully saturated rings. The number of likely N-dealkylation sites (tertiary alicyclic amines) is 2. The van der Waals surface area contributed by atoms with Crippen LogP contribution in [0.5, 0.6) is 0 Å². The van der Waals surface area contributed by atoms with Crippen LogP contribution >= 0.6 is 11.3 Å². The van der Waals surface area contributed by atoms with E-state index in [0.717, 1.165) is 19.0 Å². The van der Waals surface area contributed by atoms with E-state index < -0.39 is 12.1 Å². The molecule has 1 atom stereocenters. The van der Waals surface area contributed by atoms with Crippen LogP contribution in [0.3, 0.4) is 0 Å². The minimum Gasteiger partial charge on any atom is -0.475 e. The Kier molecular flexibility index (Phi) is 5.81. The number of hydrogen-bond acceptors (Lipinski definition) is 4. The Morgan fingerprint density at radius 3 is 2.41 bits per heavy atom. The second kappa shape index (κ2) is 7.79. The van der Waals surface area contributed by atoms with Gasteiger partial charge in [0.05, 0.1) is 6.42 Å². The molecule has 3 heterocycles. The van der Waals surface area contributed by atoms with Crippen LogP contribution in [0.4, 0.5) is 13.2 Å².